The molecule has 0 radical (unpaired) electrons. The van der Waals surface area contributed by atoms with E-state index in [0.717, 1.165) is 45.0 Å². The highest BCUT2D eigenvalue weighted by molar-refractivity contribution is 5.80. The number of hydrogen-bond acceptors (Lipinski definition) is 6. The number of morpholine rings is 1. The van der Waals surface area contributed by atoms with Gasteiger partial charge in [0.15, 0.2) is 5.96 Å². The van der Waals surface area contributed by atoms with E-state index in [-0.39, 0.29) is 17.9 Å². The van der Waals surface area contributed by atoms with Crippen molar-refractivity contribution in [3.05, 3.63) is 22.5 Å². The highest BCUT2D eigenvalue weighted by atomic mass is 16.6. The van der Waals surface area contributed by atoms with E-state index in [1.165, 1.54) is 12.4 Å². The van der Waals surface area contributed by atoms with E-state index < -0.39 is 4.92 Å². The van der Waals surface area contributed by atoms with Crippen LogP contribution in [0, 0.1) is 10.1 Å². The second-order valence-corrected chi connectivity index (χ2v) is 6.36. The van der Waals surface area contributed by atoms with E-state index >= 15 is 0 Å². The summed E-state index contributed by atoms with van der Waals surface area (Å²) in [6, 6.07) is 0. The van der Waals surface area contributed by atoms with Gasteiger partial charge in [-0.25, -0.2) is 0 Å². The Balaban J connectivity index is 1.57. The molecular formula is C16H26N6O4. The maximum absolute atomic E-state index is 10.7. The van der Waals surface area contributed by atoms with Gasteiger partial charge in [0.05, 0.1) is 30.7 Å². The van der Waals surface area contributed by atoms with Gasteiger partial charge in [-0.05, 0) is 19.8 Å². The van der Waals surface area contributed by atoms with Gasteiger partial charge in [-0.2, -0.15) is 5.10 Å². The quantitative estimate of drug-likeness (QED) is 0.341. The Hall–Kier alpha value is -2.20. The standard InChI is InChI=1S/C16H26N6O4/c1-2-17-16(18-5-6-21-11-13(10-19-21)22(23)24)20-7-9-26-15(12-20)14-4-3-8-25-14/h10-11,14-15H,2-9,12H2,1H3,(H,17,18). The Bertz CT molecular complexity index is 628. The number of hydrogen-bond donors (Lipinski definition) is 1. The van der Waals surface area contributed by atoms with Crippen LogP contribution in [0.2, 0.25) is 0 Å². The number of nitro groups is 1. The molecule has 1 aromatic heterocycles. The predicted molar refractivity (Wildman–Crippen MR) is 95.1 cm³/mol. The van der Waals surface area contributed by atoms with Crippen LogP contribution in [-0.2, 0) is 16.0 Å². The molecule has 0 aromatic carbocycles. The van der Waals surface area contributed by atoms with Crippen molar-refractivity contribution in [2.45, 2.75) is 38.5 Å². The molecule has 26 heavy (non-hydrogen) atoms. The Morgan fingerprint density at radius 3 is 3.00 bits per heavy atom. The SMILES string of the molecule is CCNC(=NCCn1cc([N+](=O)[O-])cn1)N1CCOC(C2CCCO2)C1. The molecule has 2 aliphatic heterocycles. The fourth-order valence-electron chi connectivity index (χ4n) is 3.24. The summed E-state index contributed by atoms with van der Waals surface area (Å²) < 4.78 is 13.2. The van der Waals surface area contributed by atoms with E-state index in [2.05, 4.69) is 20.3 Å². The number of guanidine groups is 1. The molecule has 0 bridgehead atoms. The highest BCUT2D eigenvalue weighted by Crippen LogP contribution is 2.21. The summed E-state index contributed by atoms with van der Waals surface area (Å²) in [6.07, 6.45) is 5.06. The molecule has 2 fully saturated rings. The normalized spacial score (nSPS) is 24.0. The van der Waals surface area contributed by atoms with Crippen molar-refractivity contribution in [1.29, 1.82) is 0 Å². The monoisotopic (exact) mass is 366 g/mol. The van der Waals surface area contributed by atoms with E-state index in [1.54, 1.807) is 4.68 Å². The van der Waals surface area contributed by atoms with Gasteiger partial charge >= 0.3 is 5.69 Å². The minimum atomic E-state index is -0.449. The molecule has 10 nitrogen and oxygen atoms in total. The molecule has 0 spiro atoms. The fourth-order valence-corrected chi connectivity index (χ4v) is 3.24. The third kappa shape index (κ3) is 4.70. The maximum atomic E-state index is 10.7. The first-order valence-corrected chi connectivity index (χ1v) is 9.10. The molecule has 144 valence electrons. The second-order valence-electron chi connectivity index (χ2n) is 6.36. The summed E-state index contributed by atoms with van der Waals surface area (Å²) in [6.45, 7) is 6.78. The topological polar surface area (TPSA) is 107 Å². The number of aromatic nitrogens is 2. The number of nitrogens with one attached hydrogen (secondary N) is 1. The van der Waals surface area contributed by atoms with Crippen molar-refractivity contribution >= 4 is 11.6 Å². The molecule has 2 atom stereocenters. The predicted octanol–water partition coefficient (Wildman–Crippen LogP) is 0.637. The first-order valence-electron chi connectivity index (χ1n) is 9.10. The molecule has 0 aliphatic carbocycles. The van der Waals surface area contributed by atoms with Crippen LogP contribution in [-0.4, -0.2) is 77.2 Å². The van der Waals surface area contributed by atoms with E-state index in [4.69, 9.17) is 9.47 Å². The fraction of sp³-hybridized carbons (Fsp3) is 0.750. The molecule has 0 saturated carbocycles. The van der Waals surface area contributed by atoms with Gasteiger partial charge < -0.3 is 19.7 Å². The summed E-state index contributed by atoms with van der Waals surface area (Å²) in [5.74, 6) is 0.834. The van der Waals surface area contributed by atoms with E-state index in [9.17, 15) is 10.1 Å². The molecule has 3 heterocycles. The van der Waals surface area contributed by atoms with E-state index in [1.807, 2.05) is 6.92 Å². The lowest BCUT2D eigenvalue weighted by atomic mass is 10.1. The van der Waals surface area contributed by atoms with Gasteiger partial charge in [0.1, 0.15) is 18.5 Å². The van der Waals surface area contributed by atoms with Gasteiger partial charge in [-0.15, -0.1) is 0 Å². The third-order valence-corrected chi connectivity index (χ3v) is 4.53. The first-order chi connectivity index (χ1) is 12.7. The Labute approximate surface area is 152 Å². The zero-order valence-electron chi connectivity index (χ0n) is 15.0. The smallest absolute Gasteiger partial charge is 0.306 e. The number of nitrogens with zero attached hydrogens (tertiary/aromatic N) is 5. The lowest BCUT2D eigenvalue weighted by Crippen LogP contribution is -2.53. The average Bonchev–Trinajstić information content (AvgIpc) is 3.33. The van der Waals surface area contributed by atoms with Crippen LogP contribution in [0.15, 0.2) is 17.4 Å². The van der Waals surface area contributed by atoms with Crippen LogP contribution in [0.3, 0.4) is 0 Å². The molecule has 2 aliphatic rings. The summed E-state index contributed by atoms with van der Waals surface area (Å²) in [5, 5.41) is 18.0. The van der Waals surface area contributed by atoms with Gasteiger partial charge in [0.25, 0.3) is 0 Å². The van der Waals surface area contributed by atoms with Crippen LogP contribution >= 0.6 is 0 Å². The van der Waals surface area contributed by atoms with Crippen molar-refractivity contribution in [3.8, 4) is 0 Å². The largest absolute Gasteiger partial charge is 0.375 e. The van der Waals surface area contributed by atoms with Gasteiger partial charge in [-0.1, -0.05) is 0 Å². The summed E-state index contributed by atoms with van der Waals surface area (Å²) in [4.78, 5) is 17.1. The number of ether oxygens (including phenoxy) is 2. The summed E-state index contributed by atoms with van der Waals surface area (Å²) in [7, 11) is 0. The van der Waals surface area contributed by atoms with Crippen molar-refractivity contribution < 1.29 is 14.4 Å². The van der Waals surface area contributed by atoms with Gasteiger partial charge in [0, 0.05) is 26.2 Å². The van der Waals surface area contributed by atoms with Crippen LogP contribution in [0.25, 0.3) is 0 Å². The van der Waals surface area contributed by atoms with Crippen LogP contribution in [0.1, 0.15) is 19.8 Å². The minimum absolute atomic E-state index is 0.00605. The van der Waals surface area contributed by atoms with Crippen molar-refractivity contribution in [1.82, 2.24) is 20.0 Å². The second kappa shape index (κ2) is 8.95. The van der Waals surface area contributed by atoms with E-state index in [0.29, 0.717) is 19.7 Å². The average molecular weight is 366 g/mol. The van der Waals surface area contributed by atoms with Crippen LogP contribution < -0.4 is 5.32 Å². The van der Waals surface area contributed by atoms with Crippen LogP contribution in [0.5, 0.6) is 0 Å². The Kier molecular flexibility index (Phi) is 6.40. The minimum Gasteiger partial charge on any atom is -0.375 e. The first kappa shape index (κ1) is 18.6. The van der Waals surface area contributed by atoms with Crippen molar-refractivity contribution in [3.63, 3.8) is 0 Å². The van der Waals surface area contributed by atoms with Crippen molar-refractivity contribution in [2.75, 3.05) is 39.4 Å². The zero-order chi connectivity index (χ0) is 18.4. The summed E-state index contributed by atoms with van der Waals surface area (Å²) in [5.41, 5.74) is -0.00605. The third-order valence-electron chi connectivity index (χ3n) is 4.53. The molecule has 1 N–H and O–H groups in total. The molecule has 0 amide bonds. The zero-order valence-corrected chi connectivity index (χ0v) is 15.0. The highest BCUT2D eigenvalue weighted by Gasteiger charge is 2.32. The molecule has 3 rings (SSSR count). The molecular weight excluding hydrogens is 340 g/mol. The van der Waals surface area contributed by atoms with Gasteiger partial charge in [0.2, 0.25) is 0 Å². The lowest BCUT2D eigenvalue weighted by Gasteiger charge is -2.37. The van der Waals surface area contributed by atoms with Crippen molar-refractivity contribution in [2.24, 2.45) is 4.99 Å². The number of rotatable bonds is 6. The maximum Gasteiger partial charge on any atom is 0.306 e. The number of aliphatic imine (C=N–C) groups is 1. The van der Waals surface area contributed by atoms with Gasteiger partial charge in [-0.3, -0.25) is 19.8 Å². The molecule has 2 saturated heterocycles. The Morgan fingerprint density at radius 2 is 2.31 bits per heavy atom. The summed E-state index contributed by atoms with van der Waals surface area (Å²) >= 11 is 0. The Morgan fingerprint density at radius 1 is 1.46 bits per heavy atom. The molecule has 1 aromatic rings. The molecule has 2 unspecified atom stereocenters. The molecule has 10 heteroatoms. The van der Waals surface area contributed by atoms with Crippen LogP contribution in [0.4, 0.5) is 5.69 Å². The lowest BCUT2D eigenvalue weighted by molar-refractivity contribution is -0.385.